The van der Waals surface area contributed by atoms with Gasteiger partial charge in [-0.2, -0.15) is 0 Å². The van der Waals surface area contributed by atoms with Crippen molar-refractivity contribution in [3.8, 4) is 0 Å². The second-order valence-electron chi connectivity index (χ2n) is 3.51. The van der Waals surface area contributed by atoms with E-state index in [4.69, 9.17) is 4.42 Å². The first-order valence-corrected chi connectivity index (χ1v) is 4.77. The number of furan rings is 1. The van der Waals surface area contributed by atoms with Gasteiger partial charge in [0.1, 0.15) is 6.17 Å². The maximum absolute atomic E-state index is 13.7. The lowest BCUT2D eigenvalue weighted by Crippen LogP contribution is -2.37. The van der Waals surface area contributed by atoms with Gasteiger partial charge in [-0.15, -0.1) is 0 Å². The topological polar surface area (TPSA) is 25.2 Å². The average molecular weight is 183 g/mol. The molecule has 1 saturated heterocycles. The lowest BCUT2D eigenvalue weighted by Gasteiger charge is -2.25. The molecule has 2 nitrogen and oxygen atoms in total. The first kappa shape index (κ1) is 8.75. The van der Waals surface area contributed by atoms with Gasteiger partial charge in [-0.05, 0) is 25.5 Å². The maximum Gasteiger partial charge on any atom is 0.143 e. The molecule has 2 atom stereocenters. The van der Waals surface area contributed by atoms with E-state index in [9.17, 15) is 4.39 Å². The van der Waals surface area contributed by atoms with Crippen LogP contribution in [0, 0.1) is 0 Å². The summed E-state index contributed by atoms with van der Waals surface area (Å²) in [6.45, 7) is 0.933. The molecule has 0 saturated carbocycles. The lowest BCUT2D eigenvalue weighted by molar-refractivity contribution is 0.220. The molecule has 2 rings (SSSR count). The van der Waals surface area contributed by atoms with Gasteiger partial charge in [0.05, 0.1) is 12.5 Å². The molecule has 2 heterocycles. The zero-order valence-corrected chi connectivity index (χ0v) is 7.50. The molecule has 0 radical (unpaired) electrons. The van der Waals surface area contributed by atoms with Crippen molar-refractivity contribution in [2.45, 2.75) is 31.5 Å². The monoisotopic (exact) mass is 183 g/mol. The number of piperidine rings is 1. The van der Waals surface area contributed by atoms with Crippen LogP contribution in [-0.2, 0) is 0 Å². The Morgan fingerprint density at radius 3 is 3.08 bits per heavy atom. The number of alkyl halides is 1. The quantitative estimate of drug-likeness (QED) is 0.761. The summed E-state index contributed by atoms with van der Waals surface area (Å²) in [6.07, 6.45) is 5.29. The second-order valence-corrected chi connectivity index (χ2v) is 3.51. The molecule has 0 aliphatic carbocycles. The summed E-state index contributed by atoms with van der Waals surface area (Å²) in [5.74, 6) is 0. The van der Waals surface area contributed by atoms with Gasteiger partial charge in [-0.1, -0.05) is 6.42 Å². The van der Waals surface area contributed by atoms with E-state index in [1.165, 1.54) is 12.5 Å². The lowest BCUT2D eigenvalue weighted by atomic mass is 9.98. The molecule has 0 amide bonds. The summed E-state index contributed by atoms with van der Waals surface area (Å²) in [7, 11) is 0. The molecule has 1 fully saturated rings. The molecule has 0 bridgehead atoms. The van der Waals surface area contributed by atoms with Crippen LogP contribution in [0.25, 0.3) is 0 Å². The number of nitrogens with one attached hydrogen (secondary N) is 1. The highest BCUT2D eigenvalue weighted by atomic mass is 19.1. The van der Waals surface area contributed by atoms with Gasteiger partial charge in [0.2, 0.25) is 0 Å². The molecule has 2 unspecified atom stereocenters. The van der Waals surface area contributed by atoms with E-state index in [0.29, 0.717) is 5.56 Å². The summed E-state index contributed by atoms with van der Waals surface area (Å²) in [5.41, 5.74) is 0.652. The van der Waals surface area contributed by atoms with Gasteiger partial charge in [0.15, 0.2) is 0 Å². The van der Waals surface area contributed by atoms with Crippen LogP contribution in [-0.4, -0.2) is 12.6 Å². The molecule has 3 heteroatoms. The van der Waals surface area contributed by atoms with Gasteiger partial charge in [-0.3, -0.25) is 0 Å². The molecule has 1 N–H and O–H groups in total. The van der Waals surface area contributed by atoms with Crippen LogP contribution in [0.1, 0.15) is 31.0 Å². The Bertz CT molecular complexity index is 241. The standard InChI is InChI=1S/C10H14FNO/c11-10(8-4-6-13-7-8)9-3-1-2-5-12-9/h4,6-7,9-10,12H,1-3,5H2. The molecule has 13 heavy (non-hydrogen) atoms. The van der Waals surface area contributed by atoms with Crippen LogP contribution in [0.4, 0.5) is 4.39 Å². The molecular formula is C10H14FNO. The molecule has 1 aromatic heterocycles. The van der Waals surface area contributed by atoms with Crippen molar-refractivity contribution in [2.75, 3.05) is 6.54 Å². The van der Waals surface area contributed by atoms with Crippen molar-refractivity contribution in [2.24, 2.45) is 0 Å². The minimum atomic E-state index is -0.918. The van der Waals surface area contributed by atoms with Crippen LogP contribution in [0.15, 0.2) is 23.0 Å². The Hall–Kier alpha value is -0.830. The van der Waals surface area contributed by atoms with Gasteiger partial charge >= 0.3 is 0 Å². The summed E-state index contributed by atoms with van der Waals surface area (Å²) >= 11 is 0. The minimum absolute atomic E-state index is 0.0219. The first-order valence-electron chi connectivity index (χ1n) is 4.77. The van der Waals surface area contributed by atoms with Crippen LogP contribution in [0.5, 0.6) is 0 Å². The van der Waals surface area contributed by atoms with Crippen molar-refractivity contribution in [1.29, 1.82) is 0 Å². The highest BCUT2D eigenvalue weighted by Gasteiger charge is 2.24. The first-order chi connectivity index (χ1) is 6.38. The number of rotatable bonds is 2. The van der Waals surface area contributed by atoms with Crippen molar-refractivity contribution in [3.63, 3.8) is 0 Å². The number of hydrogen-bond donors (Lipinski definition) is 1. The third-order valence-electron chi connectivity index (χ3n) is 2.56. The number of halogens is 1. The van der Waals surface area contributed by atoms with Crippen LogP contribution in [0.3, 0.4) is 0 Å². The Morgan fingerprint density at radius 1 is 1.54 bits per heavy atom. The molecule has 1 aromatic rings. The van der Waals surface area contributed by atoms with E-state index in [2.05, 4.69) is 5.32 Å². The smallest absolute Gasteiger partial charge is 0.143 e. The third-order valence-corrected chi connectivity index (χ3v) is 2.56. The van der Waals surface area contributed by atoms with Crippen LogP contribution < -0.4 is 5.32 Å². The summed E-state index contributed by atoms with van der Waals surface area (Å²) in [4.78, 5) is 0. The van der Waals surface area contributed by atoms with Crippen molar-refractivity contribution in [1.82, 2.24) is 5.32 Å². The second kappa shape index (κ2) is 3.92. The molecule has 1 aliphatic rings. The highest BCUT2D eigenvalue weighted by molar-refractivity contribution is 5.12. The van der Waals surface area contributed by atoms with E-state index in [-0.39, 0.29) is 6.04 Å². The predicted octanol–water partition coefficient (Wildman–Crippen LogP) is 2.43. The zero-order chi connectivity index (χ0) is 9.10. The normalized spacial score (nSPS) is 25.8. The minimum Gasteiger partial charge on any atom is -0.472 e. The maximum atomic E-state index is 13.7. The van der Waals surface area contributed by atoms with E-state index in [1.807, 2.05) is 0 Å². The van der Waals surface area contributed by atoms with Gasteiger partial charge < -0.3 is 9.73 Å². The molecule has 0 spiro atoms. The molecular weight excluding hydrogens is 169 g/mol. The molecule has 1 aliphatic heterocycles. The van der Waals surface area contributed by atoms with Crippen LogP contribution in [0.2, 0.25) is 0 Å². The summed E-state index contributed by atoms with van der Waals surface area (Å²) < 4.78 is 18.6. The van der Waals surface area contributed by atoms with E-state index in [0.717, 1.165) is 25.8 Å². The van der Waals surface area contributed by atoms with Gasteiger partial charge in [-0.25, -0.2) is 4.39 Å². The Labute approximate surface area is 77.1 Å². The van der Waals surface area contributed by atoms with E-state index < -0.39 is 6.17 Å². The number of hydrogen-bond acceptors (Lipinski definition) is 2. The van der Waals surface area contributed by atoms with Crippen molar-refractivity contribution < 1.29 is 8.81 Å². The third kappa shape index (κ3) is 1.91. The van der Waals surface area contributed by atoms with Crippen molar-refractivity contribution in [3.05, 3.63) is 24.2 Å². The van der Waals surface area contributed by atoms with E-state index >= 15 is 0 Å². The van der Waals surface area contributed by atoms with Gasteiger partial charge in [0.25, 0.3) is 0 Å². The Kier molecular flexibility index (Phi) is 2.64. The fraction of sp³-hybridized carbons (Fsp3) is 0.600. The zero-order valence-electron chi connectivity index (χ0n) is 7.50. The van der Waals surface area contributed by atoms with Crippen LogP contribution >= 0.6 is 0 Å². The van der Waals surface area contributed by atoms with Gasteiger partial charge in [0, 0.05) is 11.6 Å². The average Bonchev–Trinajstić information content (AvgIpc) is 2.71. The highest BCUT2D eigenvalue weighted by Crippen LogP contribution is 2.26. The fourth-order valence-corrected chi connectivity index (χ4v) is 1.79. The molecule has 72 valence electrons. The Balaban J connectivity index is 1.99. The van der Waals surface area contributed by atoms with E-state index in [1.54, 1.807) is 6.07 Å². The predicted molar refractivity (Wildman–Crippen MR) is 48.2 cm³/mol. The molecule has 0 aromatic carbocycles. The SMILES string of the molecule is FC(c1ccoc1)C1CCCCN1. The summed E-state index contributed by atoms with van der Waals surface area (Å²) in [5, 5.41) is 3.19. The Morgan fingerprint density at radius 2 is 2.46 bits per heavy atom. The summed E-state index contributed by atoms with van der Waals surface area (Å²) in [6, 6.07) is 1.67. The van der Waals surface area contributed by atoms with Crippen molar-refractivity contribution >= 4 is 0 Å². The fourth-order valence-electron chi connectivity index (χ4n) is 1.79. The largest absolute Gasteiger partial charge is 0.472 e.